The summed E-state index contributed by atoms with van der Waals surface area (Å²) < 4.78 is 0. The first kappa shape index (κ1) is 24.2. The second kappa shape index (κ2) is 9.02. The first-order chi connectivity index (χ1) is 21.3. The molecule has 8 aromatic carbocycles. The molecule has 0 amide bonds. The van der Waals surface area contributed by atoms with Gasteiger partial charge in [0.15, 0.2) is 0 Å². The number of hydrogen-bond donors (Lipinski definition) is 0. The maximum Gasteiger partial charge on any atom is -0.000764 e. The first-order valence-corrected chi connectivity index (χ1v) is 15.0. The monoisotopic (exact) mass is 544 g/mol. The Morgan fingerprint density at radius 3 is 1.58 bits per heavy atom. The fourth-order valence-electron chi connectivity index (χ4n) is 7.83. The van der Waals surface area contributed by atoms with Gasteiger partial charge in [0.1, 0.15) is 0 Å². The summed E-state index contributed by atoms with van der Waals surface area (Å²) in [6, 6.07) is 44.8. The second-order valence-corrected chi connectivity index (χ2v) is 11.6. The summed E-state index contributed by atoms with van der Waals surface area (Å²) in [7, 11) is 0. The molecule has 200 valence electrons. The molecular weight excluding hydrogens is 516 g/mol. The molecule has 1 aliphatic rings. The molecule has 9 rings (SSSR count). The van der Waals surface area contributed by atoms with Crippen LogP contribution in [0.15, 0.2) is 140 Å². The molecule has 0 unspecified atom stereocenters. The Morgan fingerprint density at radius 1 is 0.465 bits per heavy atom. The molecule has 0 bridgehead atoms. The van der Waals surface area contributed by atoms with Crippen molar-refractivity contribution >= 4 is 49.2 Å². The molecule has 8 aromatic rings. The number of hydrogen-bond acceptors (Lipinski definition) is 0. The molecule has 1 aliphatic carbocycles. The Morgan fingerprint density at radius 2 is 1.00 bits per heavy atom. The average Bonchev–Trinajstić information content (AvgIpc) is 3.39. The van der Waals surface area contributed by atoms with Crippen LogP contribution in [-0.4, -0.2) is 0 Å². The number of rotatable bonds is 4. The highest BCUT2D eigenvalue weighted by molar-refractivity contribution is 6.38. The van der Waals surface area contributed by atoms with E-state index in [1.54, 1.807) is 0 Å². The summed E-state index contributed by atoms with van der Waals surface area (Å²) in [4.78, 5) is 0. The van der Waals surface area contributed by atoms with E-state index in [9.17, 15) is 0 Å². The Labute approximate surface area is 251 Å². The maximum absolute atomic E-state index is 4.01. The van der Waals surface area contributed by atoms with Gasteiger partial charge in [-0.15, -0.1) is 0 Å². The standard InChI is InChI=1S/C43H28/c1-3-4-19-30-26(2)37(27-13-7-5-8-14-27)42-35-24-22-33-31-20-11-17-28-18-12-21-32(38(28)31)34-23-25-36(41(35)40(33)34)43(42)39(30)29-15-9-6-10-16-29/h3-25H,1H2,2H3/b19-4-. The highest BCUT2D eigenvalue weighted by Gasteiger charge is 2.32. The molecule has 0 saturated heterocycles. The third-order valence-corrected chi connectivity index (χ3v) is 9.51. The molecule has 0 nitrogen and oxygen atoms in total. The van der Waals surface area contributed by atoms with Crippen LogP contribution in [-0.2, 0) is 0 Å². The second-order valence-electron chi connectivity index (χ2n) is 11.6. The Kier molecular flexibility index (Phi) is 5.07. The van der Waals surface area contributed by atoms with Crippen LogP contribution in [0.3, 0.4) is 0 Å². The van der Waals surface area contributed by atoms with Crippen molar-refractivity contribution in [2.45, 2.75) is 6.92 Å². The lowest BCUT2D eigenvalue weighted by molar-refractivity contribution is 1.43. The summed E-state index contributed by atoms with van der Waals surface area (Å²) in [5.74, 6) is 0. The Bertz CT molecular complexity index is 2390. The number of allylic oxidation sites excluding steroid dienone is 2. The fraction of sp³-hybridized carbons (Fsp3) is 0.0233. The van der Waals surface area contributed by atoms with Crippen LogP contribution >= 0.6 is 0 Å². The van der Waals surface area contributed by atoms with E-state index in [0.717, 1.165) is 0 Å². The van der Waals surface area contributed by atoms with E-state index in [0.29, 0.717) is 0 Å². The summed E-state index contributed by atoms with van der Waals surface area (Å²) in [5.41, 5.74) is 12.9. The van der Waals surface area contributed by atoms with Crippen molar-refractivity contribution in [1.82, 2.24) is 0 Å². The zero-order chi connectivity index (χ0) is 28.7. The van der Waals surface area contributed by atoms with Crippen molar-refractivity contribution in [3.05, 3.63) is 151 Å². The average molecular weight is 545 g/mol. The molecule has 0 atom stereocenters. The van der Waals surface area contributed by atoms with Gasteiger partial charge in [-0.1, -0.05) is 146 Å². The van der Waals surface area contributed by atoms with Crippen molar-refractivity contribution in [2.24, 2.45) is 0 Å². The van der Waals surface area contributed by atoms with Gasteiger partial charge in [0.05, 0.1) is 0 Å². The molecule has 0 N–H and O–H groups in total. The van der Waals surface area contributed by atoms with Gasteiger partial charge in [0, 0.05) is 0 Å². The van der Waals surface area contributed by atoms with Crippen LogP contribution < -0.4 is 0 Å². The molecule has 43 heavy (non-hydrogen) atoms. The quantitative estimate of drug-likeness (QED) is 0.117. The van der Waals surface area contributed by atoms with Gasteiger partial charge in [0.25, 0.3) is 0 Å². The van der Waals surface area contributed by atoms with E-state index in [1.165, 1.54) is 98.7 Å². The van der Waals surface area contributed by atoms with Gasteiger partial charge >= 0.3 is 0 Å². The summed E-state index contributed by atoms with van der Waals surface area (Å²) in [6.45, 7) is 6.30. The smallest absolute Gasteiger partial charge is 0.000764 e. The van der Waals surface area contributed by atoms with Gasteiger partial charge in [-0.2, -0.15) is 0 Å². The summed E-state index contributed by atoms with van der Waals surface area (Å²) in [6.07, 6.45) is 6.20. The normalized spacial score (nSPS) is 12.3. The molecule has 0 fully saturated rings. The predicted octanol–water partition coefficient (Wildman–Crippen LogP) is 12.2. The molecular formula is C43H28. The van der Waals surface area contributed by atoms with Gasteiger partial charge in [-0.25, -0.2) is 0 Å². The minimum absolute atomic E-state index is 1.23. The number of benzene rings is 8. The number of fused-ring (bicyclic) bond motifs is 5. The van der Waals surface area contributed by atoms with Crippen molar-refractivity contribution in [3.8, 4) is 44.5 Å². The van der Waals surface area contributed by atoms with E-state index in [1.807, 2.05) is 6.08 Å². The van der Waals surface area contributed by atoms with Crippen molar-refractivity contribution in [3.63, 3.8) is 0 Å². The van der Waals surface area contributed by atoms with Gasteiger partial charge in [-0.3, -0.25) is 0 Å². The topological polar surface area (TPSA) is 0 Å². The predicted molar refractivity (Wildman–Crippen MR) is 187 cm³/mol. The van der Waals surface area contributed by atoms with Crippen LogP contribution in [0.5, 0.6) is 0 Å². The summed E-state index contributed by atoms with van der Waals surface area (Å²) >= 11 is 0. The van der Waals surface area contributed by atoms with Gasteiger partial charge in [0.2, 0.25) is 0 Å². The SMILES string of the molecule is C=C/C=C\c1c(C)c(-c2ccccc2)c2c(c1-c1ccccc1)-c1ccc3c4cccc5cccc(c6ccc-2c1c63)c54. The molecule has 0 heteroatoms. The van der Waals surface area contributed by atoms with Crippen molar-refractivity contribution in [2.75, 3.05) is 0 Å². The van der Waals surface area contributed by atoms with Crippen molar-refractivity contribution < 1.29 is 0 Å². The van der Waals surface area contributed by atoms with Crippen LogP contribution in [0.25, 0.3) is 93.7 Å². The van der Waals surface area contributed by atoms with Crippen molar-refractivity contribution in [1.29, 1.82) is 0 Å². The van der Waals surface area contributed by atoms with Gasteiger partial charge < -0.3 is 0 Å². The lowest BCUT2D eigenvalue weighted by Gasteiger charge is -2.22. The van der Waals surface area contributed by atoms with Crippen LogP contribution in [0, 0.1) is 6.92 Å². The third kappa shape index (κ3) is 3.21. The Balaban J connectivity index is 1.53. The minimum Gasteiger partial charge on any atom is -0.0991 e. The molecule has 0 saturated carbocycles. The molecule has 0 aromatic heterocycles. The van der Waals surface area contributed by atoms with E-state index >= 15 is 0 Å². The van der Waals surface area contributed by atoms with Crippen LogP contribution in [0.4, 0.5) is 0 Å². The van der Waals surface area contributed by atoms with E-state index in [4.69, 9.17) is 0 Å². The van der Waals surface area contributed by atoms with Crippen LogP contribution in [0.2, 0.25) is 0 Å². The zero-order valence-electron chi connectivity index (χ0n) is 24.0. The molecule has 0 spiro atoms. The fourth-order valence-corrected chi connectivity index (χ4v) is 7.83. The highest BCUT2D eigenvalue weighted by atomic mass is 14.3. The molecule has 0 heterocycles. The van der Waals surface area contributed by atoms with Crippen LogP contribution in [0.1, 0.15) is 11.1 Å². The Hall–Kier alpha value is -5.46. The highest BCUT2D eigenvalue weighted by Crippen LogP contribution is 2.59. The third-order valence-electron chi connectivity index (χ3n) is 9.51. The van der Waals surface area contributed by atoms with E-state index in [2.05, 4.69) is 147 Å². The zero-order valence-corrected chi connectivity index (χ0v) is 24.0. The van der Waals surface area contributed by atoms with E-state index < -0.39 is 0 Å². The van der Waals surface area contributed by atoms with E-state index in [-0.39, 0.29) is 0 Å². The van der Waals surface area contributed by atoms with Gasteiger partial charge in [-0.05, 0) is 106 Å². The lowest BCUT2D eigenvalue weighted by Crippen LogP contribution is -1.98. The molecule has 0 radical (unpaired) electrons. The lowest BCUT2D eigenvalue weighted by atomic mass is 9.81. The largest absolute Gasteiger partial charge is 0.0991 e. The summed E-state index contributed by atoms with van der Waals surface area (Å²) in [5, 5.41) is 10.7. The maximum atomic E-state index is 4.01. The molecule has 0 aliphatic heterocycles. The minimum atomic E-state index is 1.23. The first-order valence-electron chi connectivity index (χ1n) is 15.0.